The first kappa shape index (κ1) is 19.8. The van der Waals surface area contributed by atoms with Gasteiger partial charge in [-0.1, -0.05) is 85.0 Å². The molecule has 0 aromatic heterocycles. The summed E-state index contributed by atoms with van der Waals surface area (Å²) < 4.78 is 0. The summed E-state index contributed by atoms with van der Waals surface area (Å²) in [5.41, 5.74) is 0. The zero-order valence-corrected chi connectivity index (χ0v) is 13.5. The van der Waals surface area contributed by atoms with Crippen LogP contribution in [0.4, 0.5) is 0 Å². The minimum Gasteiger partial charge on any atom is -0.103 e. The van der Waals surface area contributed by atoms with E-state index in [1.165, 1.54) is 38.5 Å². The highest BCUT2D eigenvalue weighted by molar-refractivity contribution is 4.91. The summed E-state index contributed by atoms with van der Waals surface area (Å²) in [5.74, 6) is 1.66. The Bertz CT molecular complexity index is 172. The summed E-state index contributed by atoms with van der Waals surface area (Å²) in [7, 11) is 0. The fourth-order valence-corrected chi connectivity index (χ4v) is 2.27. The first-order valence-electron chi connectivity index (χ1n) is 8.10. The Hall–Kier alpha value is -0.520. The smallest absolute Gasteiger partial charge is 0.0227 e. The second kappa shape index (κ2) is 16.5. The van der Waals surface area contributed by atoms with E-state index in [4.69, 9.17) is 0 Å². The van der Waals surface area contributed by atoms with Gasteiger partial charge >= 0.3 is 0 Å². The molecule has 0 heterocycles. The predicted molar refractivity (Wildman–Crippen MR) is 87.0 cm³/mol. The summed E-state index contributed by atoms with van der Waals surface area (Å²) in [4.78, 5) is 0. The van der Waals surface area contributed by atoms with Crippen LogP contribution < -0.4 is 0 Å². The SMILES string of the molecule is C=CCC(C)/C=C\CC1CCCCC1.CC.CC. The van der Waals surface area contributed by atoms with Crippen LogP contribution in [-0.2, 0) is 0 Å². The molecule has 0 radical (unpaired) electrons. The Morgan fingerprint density at radius 1 is 1.06 bits per heavy atom. The van der Waals surface area contributed by atoms with Gasteiger partial charge in [-0.15, -0.1) is 6.58 Å². The largest absolute Gasteiger partial charge is 0.103 e. The molecule has 0 aromatic carbocycles. The lowest BCUT2D eigenvalue weighted by Gasteiger charge is -2.19. The highest BCUT2D eigenvalue weighted by Crippen LogP contribution is 2.26. The number of hydrogen-bond acceptors (Lipinski definition) is 0. The fraction of sp³-hybridized carbons (Fsp3) is 0.778. The van der Waals surface area contributed by atoms with Crippen molar-refractivity contribution in [3.8, 4) is 0 Å². The average Bonchev–Trinajstić information content (AvgIpc) is 2.45. The van der Waals surface area contributed by atoms with Gasteiger partial charge in [0.1, 0.15) is 0 Å². The maximum atomic E-state index is 3.76. The molecule has 0 N–H and O–H groups in total. The first-order valence-corrected chi connectivity index (χ1v) is 8.10. The second-order valence-electron chi connectivity index (χ2n) is 4.67. The topological polar surface area (TPSA) is 0 Å². The van der Waals surface area contributed by atoms with Crippen molar-refractivity contribution < 1.29 is 0 Å². The van der Waals surface area contributed by atoms with Gasteiger partial charge in [-0.05, 0) is 24.7 Å². The van der Waals surface area contributed by atoms with Crippen molar-refractivity contribution in [2.24, 2.45) is 11.8 Å². The van der Waals surface area contributed by atoms with E-state index in [0.717, 1.165) is 12.3 Å². The van der Waals surface area contributed by atoms with Crippen LogP contribution >= 0.6 is 0 Å². The predicted octanol–water partition coefficient (Wildman–Crippen LogP) is 6.78. The average molecular weight is 252 g/mol. The van der Waals surface area contributed by atoms with Crippen LogP contribution in [0.15, 0.2) is 24.8 Å². The maximum absolute atomic E-state index is 3.76. The first-order chi connectivity index (χ1) is 8.83. The van der Waals surface area contributed by atoms with E-state index in [-0.39, 0.29) is 0 Å². The Morgan fingerprint density at radius 3 is 2.11 bits per heavy atom. The quantitative estimate of drug-likeness (QED) is 0.473. The van der Waals surface area contributed by atoms with E-state index in [1.54, 1.807) is 0 Å². The molecule has 1 aliphatic carbocycles. The van der Waals surface area contributed by atoms with E-state index < -0.39 is 0 Å². The van der Waals surface area contributed by atoms with E-state index in [0.29, 0.717) is 5.92 Å². The van der Waals surface area contributed by atoms with Crippen molar-refractivity contribution in [1.29, 1.82) is 0 Å². The Labute approximate surface area is 117 Å². The molecule has 0 heteroatoms. The summed E-state index contributed by atoms with van der Waals surface area (Å²) in [6.45, 7) is 14.0. The minimum atomic E-state index is 0.677. The van der Waals surface area contributed by atoms with Crippen LogP contribution in [0.1, 0.15) is 79.6 Å². The fourth-order valence-electron chi connectivity index (χ4n) is 2.27. The molecular weight excluding hydrogens is 216 g/mol. The Kier molecular flexibility index (Phi) is 18.1. The normalized spacial score (nSPS) is 17.2. The molecule has 0 aliphatic heterocycles. The van der Waals surface area contributed by atoms with Crippen LogP contribution in [0, 0.1) is 11.8 Å². The molecular formula is C18H36. The monoisotopic (exact) mass is 252 g/mol. The molecule has 0 spiro atoms. The summed E-state index contributed by atoms with van der Waals surface area (Å²) in [6, 6.07) is 0. The van der Waals surface area contributed by atoms with Crippen molar-refractivity contribution in [3.63, 3.8) is 0 Å². The van der Waals surface area contributed by atoms with Crippen LogP contribution in [-0.4, -0.2) is 0 Å². The van der Waals surface area contributed by atoms with Crippen LogP contribution in [0.25, 0.3) is 0 Å². The van der Waals surface area contributed by atoms with Crippen molar-refractivity contribution in [1.82, 2.24) is 0 Å². The molecule has 1 unspecified atom stereocenters. The summed E-state index contributed by atoms with van der Waals surface area (Å²) in [5, 5.41) is 0. The van der Waals surface area contributed by atoms with E-state index in [9.17, 15) is 0 Å². The van der Waals surface area contributed by atoms with Gasteiger partial charge in [0.15, 0.2) is 0 Å². The summed E-state index contributed by atoms with van der Waals surface area (Å²) in [6.07, 6.45) is 16.5. The van der Waals surface area contributed by atoms with Crippen molar-refractivity contribution >= 4 is 0 Å². The van der Waals surface area contributed by atoms with Gasteiger partial charge in [0.2, 0.25) is 0 Å². The lowest BCUT2D eigenvalue weighted by molar-refractivity contribution is 0.361. The van der Waals surface area contributed by atoms with E-state index >= 15 is 0 Å². The number of allylic oxidation sites excluding steroid dienone is 3. The molecule has 1 fully saturated rings. The number of hydrogen-bond donors (Lipinski definition) is 0. The molecule has 0 saturated heterocycles. The van der Waals surface area contributed by atoms with Crippen LogP contribution in [0.3, 0.4) is 0 Å². The van der Waals surface area contributed by atoms with E-state index in [2.05, 4.69) is 25.7 Å². The lowest BCUT2D eigenvalue weighted by Crippen LogP contribution is -2.04. The molecule has 0 nitrogen and oxygen atoms in total. The molecule has 108 valence electrons. The second-order valence-corrected chi connectivity index (χ2v) is 4.67. The maximum Gasteiger partial charge on any atom is -0.0227 e. The Morgan fingerprint density at radius 2 is 1.61 bits per heavy atom. The van der Waals surface area contributed by atoms with Gasteiger partial charge in [0, 0.05) is 0 Å². The van der Waals surface area contributed by atoms with Crippen molar-refractivity contribution in [3.05, 3.63) is 24.8 Å². The molecule has 0 aromatic rings. The third-order valence-electron chi connectivity index (χ3n) is 3.20. The third kappa shape index (κ3) is 12.0. The third-order valence-corrected chi connectivity index (χ3v) is 3.20. The summed E-state index contributed by atoms with van der Waals surface area (Å²) >= 11 is 0. The molecule has 1 rings (SSSR count). The number of rotatable bonds is 5. The molecule has 0 amide bonds. The molecule has 1 saturated carbocycles. The van der Waals surface area contributed by atoms with Crippen LogP contribution in [0.2, 0.25) is 0 Å². The molecule has 18 heavy (non-hydrogen) atoms. The standard InChI is InChI=1S/C14H24.2C2H6/c1-3-8-13(2)9-7-12-14-10-5-4-6-11-14;2*1-2/h3,7,9,13-14H,1,4-6,8,10-12H2,2H3;2*1-2H3/b9-7-;;. The van der Waals surface area contributed by atoms with Gasteiger partial charge in [-0.3, -0.25) is 0 Å². The van der Waals surface area contributed by atoms with Gasteiger partial charge in [-0.25, -0.2) is 0 Å². The van der Waals surface area contributed by atoms with Gasteiger partial charge in [-0.2, -0.15) is 0 Å². The molecule has 1 aliphatic rings. The van der Waals surface area contributed by atoms with Gasteiger partial charge in [0.25, 0.3) is 0 Å². The Balaban J connectivity index is 0. The molecule has 1 atom stereocenters. The minimum absolute atomic E-state index is 0.677. The van der Waals surface area contributed by atoms with Gasteiger partial charge < -0.3 is 0 Å². The van der Waals surface area contributed by atoms with Crippen molar-refractivity contribution in [2.45, 2.75) is 79.6 Å². The molecule has 0 bridgehead atoms. The van der Waals surface area contributed by atoms with Gasteiger partial charge in [0.05, 0.1) is 0 Å². The zero-order valence-electron chi connectivity index (χ0n) is 13.5. The van der Waals surface area contributed by atoms with E-state index in [1.807, 2.05) is 33.8 Å². The lowest BCUT2D eigenvalue weighted by atomic mass is 9.87. The van der Waals surface area contributed by atoms with Crippen LogP contribution in [0.5, 0.6) is 0 Å². The van der Waals surface area contributed by atoms with Crippen molar-refractivity contribution in [2.75, 3.05) is 0 Å². The zero-order chi connectivity index (χ0) is 14.2. The highest BCUT2D eigenvalue weighted by Gasteiger charge is 2.11. The highest BCUT2D eigenvalue weighted by atomic mass is 14.2.